The number of Topliss-reactive ketones (excluding diaryl/α,β-unsaturated/α-hetero) is 1. The van der Waals surface area contributed by atoms with E-state index in [9.17, 15) is 14.4 Å². The molecule has 0 radical (unpaired) electrons. The summed E-state index contributed by atoms with van der Waals surface area (Å²) in [6.45, 7) is 5.48. The fraction of sp³-hybridized carbons (Fsp3) is 0.450. The second-order valence-corrected chi connectivity index (χ2v) is 6.90. The van der Waals surface area contributed by atoms with Crippen LogP contribution in [-0.2, 0) is 19.1 Å². The van der Waals surface area contributed by atoms with E-state index in [1.165, 1.54) is 0 Å². The Bertz CT molecular complexity index is 828. The van der Waals surface area contributed by atoms with E-state index in [4.69, 9.17) is 25.8 Å². The molecular weight excluding hydrogens is 372 g/mol. The zero-order chi connectivity index (χ0) is 19.7. The molecule has 0 aromatic heterocycles. The minimum Gasteiger partial charge on any atom is -0.489 e. The van der Waals surface area contributed by atoms with Crippen molar-refractivity contribution in [2.45, 2.75) is 33.3 Å². The van der Waals surface area contributed by atoms with Crippen molar-refractivity contribution in [2.75, 3.05) is 13.2 Å². The molecule has 3 atom stereocenters. The van der Waals surface area contributed by atoms with Gasteiger partial charge in [-0.25, -0.2) is 4.79 Å². The smallest absolute Gasteiger partial charge is 0.334 e. The summed E-state index contributed by atoms with van der Waals surface area (Å²) in [5, 5.41) is 0.439. The topological polar surface area (TPSA) is 78.9 Å². The third kappa shape index (κ3) is 3.46. The van der Waals surface area contributed by atoms with Crippen LogP contribution < -0.4 is 4.74 Å². The molecule has 1 aliphatic heterocycles. The lowest BCUT2D eigenvalue weighted by atomic mass is 9.71. The van der Waals surface area contributed by atoms with Crippen LogP contribution >= 0.6 is 11.6 Å². The number of hydrogen-bond donors (Lipinski definition) is 0. The quantitative estimate of drug-likeness (QED) is 0.731. The van der Waals surface area contributed by atoms with Crippen molar-refractivity contribution in [3.05, 3.63) is 39.9 Å². The van der Waals surface area contributed by atoms with Crippen LogP contribution in [0.3, 0.4) is 0 Å². The van der Waals surface area contributed by atoms with E-state index in [-0.39, 0.29) is 24.6 Å². The number of carbonyl (C=O) groups excluding carboxylic acids is 3. The first-order valence-corrected chi connectivity index (χ1v) is 9.31. The van der Waals surface area contributed by atoms with E-state index < -0.39 is 29.9 Å². The molecule has 0 spiro atoms. The highest BCUT2D eigenvalue weighted by Gasteiger charge is 2.50. The number of carbonyl (C=O) groups is 3. The Balaban J connectivity index is 2.05. The first kappa shape index (κ1) is 19.4. The van der Waals surface area contributed by atoms with Crippen molar-refractivity contribution in [1.29, 1.82) is 0 Å². The summed E-state index contributed by atoms with van der Waals surface area (Å²) in [4.78, 5) is 38.3. The molecular formula is C20H21ClO6. The number of esters is 2. The summed E-state index contributed by atoms with van der Waals surface area (Å²) < 4.78 is 16.2. The Morgan fingerprint density at radius 2 is 1.93 bits per heavy atom. The van der Waals surface area contributed by atoms with E-state index in [1.807, 2.05) is 6.92 Å². The fourth-order valence-electron chi connectivity index (χ4n) is 3.58. The molecule has 0 saturated heterocycles. The molecule has 2 aliphatic rings. The molecule has 0 unspecified atom stereocenters. The Morgan fingerprint density at radius 1 is 1.22 bits per heavy atom. The molecule has 0 bridgehead atoms. The van der Waals surface area contributed by atoms with Crippen LogP contribution in [0.4, 0.5) is 0 Å². The van der Waals surface area contributed by atoms with Gasteiger partial charge in [-0.05, 0) is 38.5 Å². The number of fused-ring (bicyclic) bond motifs is 2. The van der Waals surface area contributed by atoms with Gasteiger partial charge in [0.1, 0.15) is 17.8 Å². The molecule has 0 fully saturated rings. The highest BCUT2D eigenvalue weighted by atomic mass is 35.5. The third-order valence-corrected chi connectivity index (χ3v) is 5.23. The van der Waals surface area contributed by atoms with Crippen molar-refractivity contribution in [2.24, 2.45) is 11.8 Å². The predicted octanol–water partition coefficient (Wildman–Crippen LogP) is 3.28. The molecule has 3 rings (SSSR count). The number of rotatable bonds is 4. The molecule has 1 heterocycles. The van der Waals surface area contributed by atoms with Crippen LogP contribution in [0.25, 0.3) is 0 Å². The molecule has 6 nitrogen and oxygen atoms in total. The number of ketones is 1. The van der Waals surface area contributed by atoms with Gasteiger partial charge in [-0.15, -0.1) is 0 Å². The van der Waals surface area contributed by atoms with Crippen LogP contribution in [0.5, 0.6) is 5.75 Å². The summed E-state index contributed by atoms with van der Waals surface area (Å²) in [6.07, 6.45) is 1.38. The van der Waals surface area contributed by atoms with Gasteiger partial charge < -0.3 is 14.2 Å². The molecule has 0 N–H and O–H groups in total. The standard InChI is InChI=1S/C20H21ClO6/c1-4-25-19(23)11-6-7-14-17(16(11)20(24)26-5-2)18(22)12-9-13(21)10(3)8-15(12)27-14/h6,8-9,14,16-17H,4-5,7H2,1-3H3/t14-,16-,17+/m1/s1. The first-order valence-electron chi connectivity index (χ1n) is 8.93. The molecule has 7 heteroatoms. The second-order valence-electron chi connectivity index (χ2n) is 6.49. The summed E-state index contributed by atoms with van der Waals surface area (Å²) in [7, 11) is 0. The molecule has 0 amide bonds. The van der Waals surface area contributed by atoms with Crippen molar-refractivity contribution < 1.29 is 28.6 Å². The molecule has 1 aliphatic carbocycles. The molecule has 1 aromatic carbocycles. The van der Waals surface area contributed by atoms with Crippen LogP contribution in [0, 0.1) is 18.8 Å². The van der Waals surface area contributed by atoms with E-state index in [0.29, 0.717) is 22.8 Å². The van der Waals surface area contributed by atoms with Crippen LogP contribution in [0.1, 0.15) is 36.2 Å². The average Bonchev–Trinajstić information content (AvgIpc) is 2.63. The predicted molar refractivity (Wildman–Crippen MR) is 97.9 cm³/mol. The number of hydrogen-bond acceptors (Lipinski definition) is 6. The summed E-state index contributed by atoms with van der Waals surface area (Å²) in [5.74, 6) is -3.02. The van der Waals surface area contributed by atoms with Crippen molar-refractivity contribution in [1.82, 2.24) is 0 Å². The lowest BCUT2D eigenvalue weighted by Crippen LogP contribution is -2.49. The van der Waals surface area contributed by atoms with Gasteiger partial charge in [0.05, 0.1) is 24.7 Å². The zero-order valence-corrected chi connectivity index (χ0v) is 16.2. The maximum atomic E-state index is 13.2. The van der Waals surface area contributed by atoms with Crippen molar-refractivity contribution in [3.63, 3.8) is 0 Å². The minimum atomic E-state index is -1.07. The molecule has 27 heavy (non-hydrogen) atoms. The van der Waals surface area contributed by atoms with Gasteiger partial charge in [0, 0.05) is 17.0 Å². The molecule has 1 aromatic rings. The van der Waals surface area contributed by atoms with Crippen molar-refractivity contribution >= 4 is 29.3 Å². The maximum Gasteiger partial charge on any atom is 0.334 e. The minimum absolute atomic E-state index is 0.138. The van der Waals surface area contributed by atoms with Gasteiger partial charge in [-0.1, -0.05) is 17.7 Å². The van der Waals surface area contributed by atoms with Crippen LogP contribution in [0.15, 0.2) is 23.8 Å². The fourth-order valence-corrected chi connectivity index (χ4v) is 3.75. The number of benzene rings is 1. The normalized spacial score (nSPS) is 23.5. The van der Waals surface area contributed by atoms with Gasteiger partial charge in [0.15, 0.2) is 5.78 Å². The largest absolute Gasteiger partial charge is 0.489 e. The average molecular weight is 393 g/mol. The summed E-state index contributed by atoms with van der Waals surface area (Å²) in [6, 6.07) is 3.27. The Labute approximate surface area is 162 Å². The zero-order valence-electron chi connectivity index (χ0n) is 15.4. The third-order valence-electron chi connectivity index (χ3n) is 4.82. The van der Waals surface area contributed by atoms with Crippen LogP contribution in [-0.4, -0.2) is 37.0 Å². The Kier molecular flexibility index (Phi) is 5.56. The monoisotopic (exact) mass is 392 g/mol. The summed E-state index contributed by atoms with van der Waals surface area (Å²) >= 11 is 6.17. The van der Waals surface area contributed by atoms with E-state index in [0.717, 1.165) is 5.56 Å². The second kappa shape index (κ2) is 7.72. The van der Waals surface area contributed by atoms with Gasteiger partial charge in [-0.3, -0.25) is 9.59 Å². The van der Waals surface area contributed by atoms with Gasteiger partial charge in [-0.2, -0.15) is 0 Å². The number of aryl methyl sites for hydroxylation is 1. The SMILES string of the molecule is CCOC(=O)C1=CC[C@H]2Oc3cc(C)c(Cl)cc3C(=O)[C@@H]2[C@@H]1C(=O)OCC. The molecule has 144 valence electrons. The number of halogens is 1. The Morgan fingerprint density at radius 3 is 2.59 bits per heavy atom. The van der Waals surface area contributed by atoms with E-state index >= 15 is 0 Å². The van der Waals surface area contributed by atoms with E-state index in [2.05, 4.69) is 0 Å². The molecule has 0 saturated carbocycles. The highest BCUT2D eigenvalue weighted by molar-refractivity contribution is 6.32. The number of ether oxygens (including phenoxy) is 3. The highest BCUT2D eigenvalue weighted by Crippen LogP contribution is 2.43. The summed E-state index contributed by atoms with van der Waals surface area (Å²) in [5.41, 5.74) is 1.25. The van der Waals surface area contributed by atoms with Gasteiger partial charge in [0.25, 0.3) is 0 Å². The van der Waals surface area contributed by atoms with Gasteiger partial charge in [0.2, 0.25) is 0 Å². The van der Waals surface area contributed by atoms with Crippen LogP contribution in [0.2, 0.25) is 5.02 Å². The van der Waals surface area contributed by atoms with Gasteiger partial charge >= 0.3 is 11.9 Å². The van der Waals surface area contributed by atoms with E-state index in [1.54, 1.807) is 32.1 Å². The maximum absolute atomic E-state index is 13.2. The van der Waals surface area contributed by atoms with Crippen molar-refractivity contribution in [3.8, 4) is 5.75 Å². The lowest BCUT2D eigenvalue weighted by Gasteiger charge is -2.39. The first-order chi connectivity index (χ1) is 12.9. The lowest BCUT2D eigenvalue weighted by molar-refractivity contribution is -0.153. The Hall–Kier alpha value is -2.34.